The number of carbonyl (C=O) groups is 3. The molecule has 3 atom stereocenters. The molecule has 1 heterocycles. The van der Waals surface area contributed by atoms with Crippen molar-refractivity contribution in [1.82, 2.24) is 0 Å². The average molecular weight is 389 g/mol. The molecular formula is C24H23NO4. The molecule has 2 aromatic rings. The number of hydrogen-bond donors (Lipinski definition) is 0. The van der Waals surface area contributed by atoms with Crippen LogP contribution >= 0.6 is 0 Å². The Balaban J connectivity index is 1.45. The summed E-state index contributed by atoms with van der Waals surface area (Å²) in [5.41, 5.74) is 2.23. The van der Waals surface area contributed by atoms with E-state index >= 15 is 0 Å². The van der Waals surface area contributed by atoms with Crippen LogP contribution in [0.3, 0.4) is 0 Å². The zero-order chi connectivity index (χ0) is 20.5. The Kier molecular flexibility index (Phi) is 5.05. The van der Waals surface area contributed by atoms with E-state index in [-0.39, 0.29) is 29.4 Å². The van der Waals surface area contributed by atoms with Gasteiger partial charge in [-0.15, -0.1) is 0 Å². The summed E-state index contributed by atoms with van der Waals surface area (Å²) in [6.45, 7) is 3.68. The number of hydrogen-bond acceptors (Lipinski definition) is 4. The van der Waals surface area contributed by atoms with E-state index in [4.69, 9.17) is 4.74 Å². The minimum absolute atomic E-state index is 0.101. The highest BCUT2D eigenvalue weighted by Gasteiger charge is 2.47. The van der Waals surface area contributed by atoms with E-state index in [1.807, 2.05) is 31.2 Å². The summed E-state index contributed by atoms with van der Waals surface area (Å²) in [7, 11) is 0. The quantitative estimate of drug-likeness (QED) is 0.439. The van der Waals surface area contributed by atoms with E-state index in [1.54, 1.807) is 43.3 Å². The van der Waals surface area contributed by atoms with Gasteiger partial charge in [0.1, 0.15) is 5.75 Å². The van der Waals surface area contributed by atoms with Crippen LogP contribution < -0.4 is 9.64 Å². The van der Waals surface area contributed by atoms with Crippen molar-refractivity contribution >= 4 is 23.3 Å². The van der Waals surface area contributed by atoms with Crippen molar-refractivity contribution in [1.29, 1.82) is 0 Å². The predicted octanol–water partition coefficient (Wildman–Crippen LogP) is 4.10. The fourth-order valence-corrected chi connectivity index (χ4v) is 3.94. The standard InChI is InChI=1S/C24H23NO4/c1-15-7-9-17(10-8-15)22(26)16(2)29-19-13-11-18(12-14-19)25-23(27)20-5-3-4-6-21(20)24(25)28/h3-4,7-14,16,20-21H,5-6H2,1-2H3/t16-,20-,21+/m0/s1. The van der Waals surface area contributed by atoms with Gasteiger partial charge in [-0.2, -0.15) is 0 Å². The third kappa shape index (κ3) is 3.60. The van der Waals surface area contributed by atoms with Gasteiger partial charge in [0, 0.05) is 5.56 Å². The molecule has 0 radical (unpaired) electrons. The summed E-state index contributed by atoms with van der Waals surface area (Å²) in [5.74, 6) is -0.372. The Morgan fingerprint density at radius 2 is 1.48 bits per heavy atom. The molecule has 1 aliphatic heterocycles. The summed E-state index contributed by atoms with van der Waals surface area (Å²) in [6.07, 6.45) is 4.53. The molecule has 1 fully saturated rings. The molecule has 0 N–H and O–H groups in total. The first kappa shape index (κ1) is 19.1. The molecule has 5 nitrogen and oxygen atoms in total. The zero-order valence-electron chi connectivity index (χ0n) is 16.5. The average Bonchev–Trinajstić information content (AvgIpc) is 2.99. The molecule has 0 saturated carbocycles. The van der Waals surface area contributed by atoms with Gasteiger partial charge in [-0.1, -0.05) is 42.0 Å². The maximum atomic E-state index is 12.7. The van der Waals surface area contributed by atoms with Gasteiger partial charge in [0.05, 0.1) is 17.5 Å². The van der Waals surface area contributed by atoms with Crippen molar-refractivity contribution in [3.8, 4) is 5.75 Å². The third-order valence-corrected chi connectivity index (χ3v) is 5.62. The molecule has 2 amide bonds. The van der Waals surface area contributed by atoms with Crippen molar-refractivity contribution in [2.75, 3.05) is 4.90 Å². The lowest BCUT2D eigenvalue weighted by Gasteiger charge is -2.17. The lowest BCUT2D eigenvalue weighted by molar-refractivity contribution is -0.122. The van der Waals surface area contributed by atoms with E-state index in [1.165, 1.54) is 4.90 Å². The topological polar surface area (TPSA) is 63.7 Å². The van der Waals surface area contributed by atoms with Crippen molar-refractivity contribution in [3.63, 3.8) is 0 Å². The number of Topliss-reactive ketones (excluding diaryl/α,β-unsaturated/α-hetero) is 1. The monoisotopic (exact) mass is 389 g/mol. The summed E-state index contributed by atoms with van der Waals surface area (Å²) >= 11 is 0. The summed E-state index contributed by atoms with van der Waals surface area (Å²) in [6, 6.07) is 14.1. The fraction of sp³-hybridized carbons (Fsp3) is 0.292. The Bertz CT molecular complexity index is 949. The first-order chi connectivity index (χ1) is 14.0. The van der Waals surface area contributed by atoms with Crippen LogP contribution in [0.4, 0.5) is 5.69 Å². The second kappa shape index (κ2) is 7.66. The Morgan fingerprint density at radius 1 is 0.931 bits per heavy atom. The number of imide groups is 1. The Hall–Kier alpha value is -3.21. The maximum Gasteiger partial charge on any atom is 0.238 e. The van der Waals surface area contributed by atoms with E-state index in [0.717, 1.165) is 5.56 Å². The predicted molar refractivity (Wildman–Crippen MR) is 110 cm³/mol. The van der Waals surface area contributed by atoms with Gasteiger partial charge in [0.2, 0.25) is 17.6 Å². The lowest BCUT2D eigenvalue weighted by Crippen LogP contribution is -2.30. The minimum atomic E-state index is -0.646. The summed E-state index contributed by atoms with van der Waals surface area (Å²) in [5, 5.41) is 0. The second-order valence-corrected chi connectivity index (χ2v) is 7.65. The first-order valence-electron chi connectivity index (χ1n) is 9.86. The number of nitrogens with zero attached hydrogens (tertiary/aromatic N) is 1. The normalized spacial score (nSPS) is 21.8. The number of ketones is 1. The Morgan fingerprint density at radius 3 is 2.03 bits per heavy atom. The van der Waals surface area contributed by atoms with Gasteiger partial charge < -0.3 is 4.74 Å². The van der Waals surface area contributed by atoms with Crippen LogP contribution in [-0.2, 0) is 9.59 Å². The van der Waals surface area contributed by atoms with Gasteiger partial charge in [0.25, 0.3) is 0 Å². The number of carbonyl (C=O) groups excluding carboxylic acids is 3. The van der Waals surface area contributed by atoms with Gasteiger partial charge >= 0.3 is 0 Å². The van der Waals surface area contributed by atoms with Crippen molar-refractivity contribution in [2.24, 2.45) is 11.8 Å². The first-order valence-corrected chi connectivity index (χ1v) is 9.86. The van der Waals surface area contributed by atoms with Crippen LogP contribution in [0.2, 0.25) is 0 Å². The van der Waals surface area contributed by atoms with Gasteiger partial charge in [-0.05, 0) is 51.0 Å². The smallest absolute Gasteiger partial charge is 0.238 e. The molecule has 0 spiro atoms. The summed E-state index contributed by atoms with van der Waals surface area (Å²) < 4.78 is 5.78. The maximum absolute atomic E-state index is 12.7. The summed E-state index contributed by atoms with van der Waals surface area (Å²) in [4.78, 5) is 39.2. The molecule has 0 unspecified atom stereocenters. The molecule has 1 aliphatic carbocycles. The SMILES string of the molecule is Cc1ccc(C(=O)[C@H](C)Oc2ccc(N3C(=O)[C@H]4CC=CC[C@H]4C3=O)cc2)cc1. The van der Waals surface area contributed by atoms with Crippen LogP contribution in [0.1, 0.15) is 35.7 Å². The molecule has 1 saturated heterocycles. The molecule has 2 aliphatic rings. The molecule has 29 heavy (non-hydrogen) atoms. The number of allylic oxidation sites excluding steroid dienone is 2. The van der Waals surface area contributed by atoms with Crippen molar-refractivity contribution < 1.29 is 19.1 Å². The van der Waals surface area contributed by atoms with Crippen molar-refractivity contribution in [2.45, 2.75) is 32.8 Å². The molecular weight excluding hydrogens is 366 g/mol. The number of ether oxygens (including phenoxy) is 1. The largest absolute Gasteiger partial charge is 0.483 e. The van der Waals surface area contributed by atoms with Crippen LogP contribution in [0, 0.1) is 18.8 Å². The Labute approximate surface area is 170 Å². The molecule has 2 aromatic carbocycles. The van der Waals surface area contributed by atoms with E-state index in [9.17, 15) is 14.4 Å². The number of rotatable bonds is 5. The zero-order valence-corrected chi connectivity index (χ0v) is 16.5. The number of amides is 2. The van der Waals surface area contributed by atoms with Crippen molar-refractivity contribution in [3.05, 3.63) is 71.8 Å². The van der Waals surface area contributed by atoms with E-state index in [2.05, 4.69) is 0 Å². The number of benzene rings is 2. The molecule has 0 bridgehead atoms. The van der Waals surface area contributed by atoms with Crippen LogP contribution in [-0.4, -0.2) is 23.7 Å². The van der Waals surface area contributed by atoms with E-state index in [0.29, 0.717) is 29.8 Å². The van der Waals surface area contributed by atoms with Gasteiger partial charge in [-0.25, -0.2) is 0 Å². The van der Waals surface area contributed by atoms with Crippen LogP contribution in [0.5, 0.6) is 5.75 Å². The second-order valence-electron chi connectivity index (χ2n) is 7.65. The minimum Gasteiger partial charge on any atom is -0.483 e. The number of fused-ring (bicyclic) bond motifs is 1. The molecule has 4 rings (SSSR count). The third-order valence-electron chi connectivity index (χ3n) is 5.62. The lowest BCUT2D eigenvalue weighted by atomic mass is 9.85. The highest BCUT2D eigenvalue weighted by atomic mass is 16.5. The molecule has 0 aromatic heterocycles. The number of aryl methyl sites for hydroxylation is 1. The number of anilines is 1. The highest BCUT2D eigenvalue weighted by Crippen LogP contribution is 2.38. The van der Waals surface area contributed by atoms with E-state index < -0.39 is 6.10 Å². The fourth-order valence-electron chi connectivity index (χ4n) is 3.94. The van der Waals surface area contributed by atoms with Crippen LogP contribution in [0.15, 0.2) is 60.7 Å². The molecule has 148 valence electrons. The highest BCUT2D eigenvalue weighted by molar-refractivity contribution is 6.22. The van der Waals surface area contributed by atoms with Gasteiger partial charge in [0.15, 0.2) is 6.10 Å². The molecule has 5 heteroatoms. The van der Waals surface area contributed by atoms with Gasteiger partial charge in [-0.3, -0.25) is 19.3 Å². The van der Waals surface area contributed by atoms with Crippen LogP contribution in [0.25, 0.3) is 0 Å².